The van der Waals surface area contributed by atoms with Gasteiger partial charge in [-0.05, 0) is 35.8 Å². The number of amides is 2. The van der Waals surface area contributed by atoms with Gasteiger partial charge >= 0.3 is 0 Å². The number of likely N-dealkylation sites (tertiary alicyclic amines) is 1. The monoisotopic (exact) mass is 404 g/mol. The van der Waals surface area contributed by atoms with Crippen LogP contribution in [0.25, 0.3) is 0 Å². The van der Waals surface area contributed by atoms with Crippen LogP contribution in [0.5, 0.6) is 0 Å². The number of carbonyl (C=O) groups excluding carboxylic acids is 2. The minimum absolute atomic E-state index is 0.0260. The minimum Gasteiger partial charge on any atom is -0.349 e. The second kappa shape index (κ2) is 6.87. The van der Waals surface area contributed by atoms with Crippen molar-refractivity contribution in [2.24, 2.45) is 5.92 Å². The highest BCUT2D eigenvalue weighted by Crippen LogP contribution is 2.41. The standard InChI is InChI=1S/C21H28N2O4S/c1-21(2)9-7-18(16-5-3-4-6-17(16)21)22-20(25)14-11-19(24)23(12-14)15-8-10-28(26,27)13-15/h3-6,14-15,18H,7-13H2,1-2H3,(H,22,25)/t14-,15+,18+/m1/s1. The Morgan fingerprint density at radius 3 is 2.68 bits per heavy atom. The molecule has 0 spiro atoms. The Hall–Kier alpha value is -1.89. The summed E-state index contributed by atoms with van der Waals surface area (Å²) < 4.78 is 23.5. The Bertz CT molecular complexity index is 909. The molecular weight excluding hydrogens is 376 g/mol. The smallest absolute Gasteiger partial charge is 0.225 e. The maximum Gasteiger partial charge on any atom is 0.225 e. The van der Waals surface area contributed by atoms with Crippen LogP contribution >= 0.6 is 0 Å². The third-order valence-electron chi connectivity index (χ3n) is 6.62. The highest BCUT2D eigenvalue weighted by Gasteiger charge is 2.42. The molecule has 0 unspecified atom stereocenters. The quantitative estimate of drug-likeness (QED) is 0.835. The zero-order valence-corrected chi connectivity index (χ0v) is 17.3. The average Bonchev–Trinajstić information content (AvgIpc) is 3.20. The van der Waals surface area contributed by atoms with E-state index in [1.165, 1.54) is 5.56 Å². The number of sulfone groups is 1. The van der Waals surface area contributed by atoms with Crippen LogP contribution in [0.2, 0.25) is 0 Å². The van der Waals surface area contributed by atoms with Crippen LogP contribution in [0, 0.1) is 5.92 Å². The van der Waals surface area contributed by atoms with Crippen LogP contribution < -0.4 is 5.32 Å². The molecule has 1 N–H and O–H groups in total. The normalized spacial score (nSPS) is 30.9. The van der Waals surface area contributed by atoms with Gasteiger partial charge in [0.05, 0.1) is 23.5 Å². The molecule has 7 heteroatoms. The Balaban J connectivity index is 1.44. The molecule has 3 atom stereocenters. The van der Waals surface area contributed by atoms with Crippen molar-refractivity contribution in [2.45, 2.75) is 57.0 Å². The molecule has 0 bridgehead atoms. The Morgan fingerprint density at radius 2 is 1.96 bits per heavy atom. The summed E-state index contributed by atoms with van der Waals surface area (Å²) in [5.41, 5.74) is 2.52. The lowest BCUT2D eigenvalue weighted by molar-refractivity contribution is -0.130. The molecule has 3 aliphatic rings. The lowest BCUT2D eigenvalue weighted by Gasteiger charge is -2.37. The molecule has 1 aliphatic carbocycles. The van der Waals surface area contributed by atoms with E-state index in [4.69, 9.17) is 0 Å². The predicted molar refractivity (Wildman–Crippen MR) is 106 cm³/mol. The summed E-state index contributed by atoms with van der Waals surface area (Å²) in [5.74, 6) is -0.452. The molecule has 0 saturated carbocycles. The summed E-state index contributed by atoms with van der Waals surface area (Å²) in [5, 5.41) is 3.17. The van der Waals surface area contributed by atoms with Crippen molar-refractivity contribution in [3.05, 3.63) is 35.4 Å². The Labute approximate surface area is 166 Å². The highest BCUT2D eigenvalue weighted by atomic mass is 32.2. The van der Waals surface area contributed by atoms with E-state index in [9.17, 15) is 18.0 Å². The second-order valence-electron chi connectivity index (χ2n) is 9.07. The third kappa shape index (κ3) is 3.56. The molecule has 0 aromatic heterocycles. The van der Waals surface area contributed by atoms with Crippen LogP contribution in [-0.2, 0) is 24.8 Å². The van der Waals surface area contributed by atoms with Crippen LogP contribution in [0.3, 0.4) is 0 Å². The van der Waals surface area contributed by atoms with Crippen LogP contribution in [0.4, 0.5) is 0 Å². The molecule has 28 heavy (non-hydrogen) atoms. The maximum atomic E-state index is 12.9. The molecule has 2 heterocycles. The van der Waals surface area contributed by atoms with E-state index in [1.807, 2.05) is 12.1 Å². The van der Waals surface area contributed by atoms with Gasteiger partial charge in [-0.1, -0.05) is 38.1 Å². The van der Waals surface area contributed by atoms with E-state index < -0.39 is 15.8 Å². The summed E-state index contributed by atoms with van der Waals surface area (Å²) in [6.07, 6.45) is 2.52. The van der Waals surface area contributed by atoms with Gasteiger partial charge in [-0.15, -0.1) is 0 Å². The van der Waals surface area contributed by atoms with E-state index in [0.717, 1.165) is 18.4 Å². The first-order valence-corrected chi connectivity index (χ1v) is 11.9. The molecule has 2 amide bonds. The number of hydrogen-bond donors (Lipinski definition) is 1. The number of fused-ring (bicyclic) bond motifs is 1. The molecule has 1 aromatic rings. The van der Waals surface area contributed by atoms with Gasteiger partial charge in [-0.25, -0.2) is 8.42 Å². The number of nitrogens with one attached hydrogen (secondary N) is 1. The van der Waals surface area contributed by atoms with E-state index in [0.29, 0.717) is 13.0 Å². The molecule has 2 aliphatic heterocycles. The first-order chi connectivity index (χ1) is 13.2. The summed E-state index contributed by atoms with van der Waals surface area (Å²) in [4.78, 5) is 26.9. The number of hydrogen-bond acceptors (Lipinski definition) is 4. The molecule has 0 radical (unpaired) electrons. The molecule has 6 nitrogen and oxygen atoms in total. The maximum absolute atomic E-state index is 12.9. The van der Waals surface area contributed by atoms with Gasteiger partial charge in [0.1, 0.15) is 0 Å². The van der Waals surface area contributed by atoms with Crippen LogP contribution in [-0.4, -0.2) is 49.2 Å². The zero-order valence-electron chi connectivity index (χ0n) is 16.5. The van der Waals surface area contributed by atoms with Gasteiger partial charge in [0.25, 0.3) is 0 Å². The van der Waals surface area contributed by atoms with Crippen molar-refractivity contribution in [2.75, 3.05) is 18.1 Å². The average molecular weight is 405 g/mol. The summed E-state index contributed by atoms with van der Waals surface area (Å²) in [6.45, 7) is 4.78. The molecule has 2 fully saturated rings. The van der Waals surface area contributed by atoms with E-state index in [2.05, 4.69) is 31.3 Å². The Morgan fingerprint density at radius 1 is 1.21 bits per heavy atom. The van der Waals surface area contributed by atoms with Crippen LogP contribution in [0.15, 0.2) is 24.3 Å². The van der Waals surface area contributed by atoms with Crippen molar-refractivity contribution in [3.8, 4) is 0 Å². The SMILES string of the molecule is CC1(C)CC[C@H](NC(=O)[C@@H]2CC(=O)N([C@H]3CCS(=O)(=O)C3)C2)c2ccccc21. The summed E-state index contributed by atoms with van der Waals surface area (Å²) in [6, 6.07) is 7.94. The second-order valence-corrected chi connectivity index (χ2v) is 11.3. The largest absolute Gasteiger partial charge is 0.349 e. The van der Waals surface area contributed by atoms with Gasteiger partial charge in [0.2, 0.25) is 11.8 Å². The van der Waals surface area contributed by atoms with E-state index >= 15 is 0 Å². The molecular formula is C21H28N2O4S. The lowest BCUT2D eigenvalue weighted by Crippen LogP contribution is -2.41. The van der Waals surface area contributed by atoms with Crippen molar-refractivity contribution in [3.63, 3.8) is 0 Å². The summed E-state index contributed by atoms with van der Waals surface area (Å²) in [7, 11) is -3.06. The van der Waals surface area contributed by atoms with Crippen molar-refractivity contribution in [1.82, 2.24) is 10.2 Å². The molecule has 1 aromatic carbocycles. The van der Waals surface area contributed by atoms with Gasteiger partial charge in [0.15, 0.2) is 9.84 Å². The zero-order chi connectivity index (χ0) is 20.1. The number of carbonyl (C=O) groups is 2. The predicted octanol–water partition coefficient (Wildman–Crippen LogP) is 1.95. The third-order valence-corrected chi connectivity index (χ3v) is 8.37. The lowest BCUT2D eigenvalue weighted by atomic mass is 9.71. The molecule has 152 valence electrons. The topological polar surface area (TPSA) is 83.6 Å². The number of benzene rings is 1. The fourth-order valence-electron chi connectivity index (χ4n) is 4.93. The minimum atomic E-state index is -3.06. The van der Waals surface area contributed by atoms with Crippen molar-refractivity contribution >= 4 is 21.7 Å². The van der Waals surface area contributed by atoms with Gasteiger partial charge in [-0.3, -0.25) is 9.59 Å². The number of nitrogens with zero attached hydrogens (tertiary/aromatic N) is 1. The molecule has 2 saturated heterocycles. The highest BCUT2D eigenvalue weighted by molar-refractivity contribution is 7.91. The Kier molecular flexibility index (Phi) is 4.76. The fourth-order valence-corrected chi connectivity index (χ4v) is 6.66. The van der Waals surface area contributed by atoms with Crippen molar-refractivity contribution < 1.29 is 18.0 Å². The summed E-state index contributed by atoms with van der Waals surface area (Å²) >= 11 is 0. The molecule has 4 rings (SSSR count). The first-order valence-electron chi connectivity index (χ1n) is 10.1. The first kappa shape index (κ1) is 19.4. The fraction of sp³-hybridized carbons (Fsp3) is 0.619. The van der Waals surface area contributed by atoms with Gasteiger partial charge < -0.3 is 10.2 Å². The van der Waals surface area contributed by atoms with Gasteiger partial charge in [-0.2, -0.15) is 0 Å². The van der Waals surface area contributed by atoms with E-state index in [1.54, 1.807) is 4.90 Å². The van der Waals surface area contributed by atoms with Crippen molar-refractivity contribution in [1.29, 1.82) is 0 Å². The van der Waals surface area contributed by atoms with E-state index in [-0.39, 0.29) is 47.2 Å². The van der Waals surface area contributed by atoms with Gasteiger partial charge in [0, 0.05) is 19.0 Å². The van der Waals surface area contributed by atoms with Crippen LogP contribution in [0.1, 0.15) is 56.7 Å². The number of rotatable bonds is 3.